The third-order valence-electron chi connectivity index (χ3n) is 4.58. The lowest BCUT2D eigenvalue weighted by Gasteiger charge is -2.38. The van der Waals surface area contributed by atoms with E-state index >= 15 is 0 Å². The largest absolute Gasteiger partial charge is 0.497 e. The zero-order chi connectivity index (χ0) is 14.8. The van der Waals surface area contributed by atoms with Gasteiger partial charge in [-0.25, -0.2) is 0 Å². The number of benzene rings is 1. The summed E-state index contributed by atoms with van der Waals surface area (Å²) < 4.78 is 10.6. The Morgan fingerprint density at radius 2 is 1.86 bits per heavy atom. The molecule has 2 fully saturated rings. The van der Waals surface area contributed by atoms with Gasteiger partial charge in [-0.1, -0.05) is 6.42 Å². The Morgan fingerprint density at radius 3 is 2.48 bits per heavy atom. The summed E-state index contributed by atoms with van der Waals surface area (Å²) in [6, 6.07) is 5.48. The van der Waals surface area contributed by atoms with Gasteiger partial charge in [-0.05, 0) is 37.8 Å². The van der Waals surface area contributed by atoms with Crippen molar-refractivity contribution in [3.8, 4) is 11.5 Å². The van der Waals surface area contributed by atoms with E-state index in [1.165, 1.54) is 19.3 Å². The quantitative estimate of drug-likeness (QED) is 0.789. The van der Waals surface area contributed by atoms with Crippen LogP contribution in [0.4, 0.5) is 0 Å². The van der Waals surface area contributed by atoms with E-state index in [0.29, 0.717) is 21.8 Å². The summed E-state index contributed by atoms with van der Waals surface area (Å²) in [4.78, 5) is 12.9. The minimum Gasteiger partial charge on any atom is -0.497 e. The molecule has 4 heteroatoms. The maximum atomic E-state index is 12.9. The number of fused-ring (bicyclic) bond motifs is 2. The summed E-state index contributed by atoms with van der Waals surface area (Å²) in [6.45, 7) is 0. The fraction of sp³-hybridized carbons (Fsp3) is 0.588. The molecule has 0 saturated carbocycles. The highest BCUT2D eigenvalue weighted by Gasteiger charge is 2.36. The molecule has 2 aliphatic heterocycles. The lowest BCUT2D eigenvalue weighted by molar-refractivity contribution is 0.0893. The summed E-state index contributed by atoms with van der Waals surface area (Å²) >= 11 is 2.10. The molecule has 1 aromatic rings. The number of carbonyl (C=O) groups is 1. The van der Waals surface area contributed by atoms with E-state index in [-0.39, 0.29) is 11.7 Å². The number of rotatable bonds is 4. The highest BCUT2D eigenvalue weighted by molar-refractivity contribution is 8.00. The summed E-state index contributed by atoms with van der Waals surface area (Å²) in [5, 5.41) is 1.35. The smallest absolute Gasteiger partial charge is 0.169 e. The Morgan fingerprint density at radius 1 is 1.14 bits per heavy atom. The topological polar surface area (TPSA) is 35.5 Å². The molecule has 2 heterocycles. The van der Waals surface area contributed by atoms with Crippen molar-refractivity contribution in [1.29, 1.82) is 0 Å². The monoisotopic (exact) mass is 306 g/mol. The molecular formula is C17H22O3S. The maximum absolute atomic E-state index is 12.9. The van der Waals surface area contributed by atoms with E-state index in [2.05, 4.69) is 11.8 Å². The number of Topliss-reactive ketones (excluding diaryl/α,β-unsaturated/α-hetero) is 1. The first kappa shape index (κ1) is 14.8. The number of ketones is 1. The zero-order valence-electron chi connectivity index (χ0n) is 12.6. The molecule has 2 unspecified atom stereocenters. The summed E-state index contributed by atoms with van der Waals surface area (Å²) in [6.07, 6.45) is 5.91. The first-order chi connectivity index (χ1) is 10.2. The predicted octanol–water partition coefficient (Wildman–Crippen LogP) is 3.95. The van der Waals surface area contributed by atoms with Crippen molar-refractivity contribution in [1.82, 2.24) is 0 Å². The van der Waals surface area contributed by atoms with Crippen LogP contribution in [0.15, 0.2) is 18.2 Å². The first-order valence-electron chi connectivity index (χ1n) is 7.63. The lowest BCUT2D eigenvalue weighted by atomic mass is 9.84. The van der Waals surface area contributed by atoms with Crippen LogP contribution in [0.3, 0.4) is 0 Å². The average Bonchev–Trinajstić information content (AvgIpc) is 2.53. The summed E-state index contributed by atoms with van der Waals surface area (Å²) in [7, 11) is 3.23. The molecule has 114 valence electrons. The van der Waals surface area contributed by atoms with E-state index in [4.69, 9.17) is 9.47 Å². The van der Waals surface area contributed by atoms with Crippen LogP contribution in [0.1, 0.15) is 42.5 Å². The highest BCUT2D eigenvalue weighted by atomic mass is 32.2. The van der Waals surface area contributed by atoms with Gasteiger partial charge in [-0.2, -0.15) is 11.8 Å². The van der Waals surface area contributed by atoms with Gasteiger partial charge in [0.15, 0.2) is 5.78 Å². The second kappa shape index (κ2) is 6.30. The number of hydrogen-bond donors (Lipinski definition) is 0. The van der Waals surface area contributed by atoms with Crippen LogP contribution in [0.2, 0.25) is 0 Å². The van der Waals surface area contributed by atoms with Crippen molar-refractivity contribution in [2.24, 2.45) is 5.92 Å². The molecule has 1 aromatic carbocycles. The van der Waals surface area contributed by atoms with Crippen molar-refractivity contribution in [3.05, 3.63) is 23.8 Å². The van der Waals surface area contributed by atoms with Crippen LogP contribution in [-0.2, 0) is 0 Å². The Kier molecular flexibility index (Phi) is 4.43. The van der Waals surface area contributed by atoms with Gasteiger partial charge in [-0.15, -0.1) is 0 Å². The number of ether oxygens (including phenoxy) is 2. The average molecular weight is 306 g/mol. The van der Waals surface area contributed by atoms with Gasteiger partial charge in [0.05, 0.1) is 19.8 Å². The van der Waals surface area contributed by atoms with Crippen molar-refractivity contribution in [2.45, 2.75) is 42.6 Å². The Bertz CT molecular complexity index is 517. The van der Waals surface area contributed by atoms with Crippen LogP contribution < -0.4 is 9.47 Å². The van der Waals surface area contributed by atoms with E-state index < -0.39 is 0 Å². The van der Waals surface area contributed by atoms with Gasteiger partial charge >= 0.3 is 0 Å². The molecule has 0 radical (unpaired) electrons. The number of thioether (sulfide) groups is 1. The minimum atomic E-state index is 0.156. The second-order valence-corrected chi connectivity index (χ2v) is 7.52. The van der Waals surface area contributed by atoms with E-state index in [0.717, 1.165) is 18.6 Å². The van der Waals surface area contributed by atoms with E-state index in [9.17, 15) is 4.79 Å². The third kappa shape index (κ3) is 3.05. The molecule has 3 rings (SSSR count). The normalized spacial score (nSPS) is 28.0. The third-order valence-corrected chi connectivity index (χ3v) is 6.20. The van der Waals surface area contributed by atoms with E-state index in [1.807, 2.05) is 12.1 Å². The number of methoxy groups -OCH3 is 2. The van der Waals surface area contributed by atoms with Gasteiger partial charge in [0.1, 0.15) is 11.5 Å². The van der Waals surface area contributed by atoms with Crippen LogP contribution in [-0.4, -0.2) is 30.5 Å². The van der Waals surface area contributed by atoms with E-state index in [1.54, 1.807) is 20.3 Å². The SMILES string of the molecule is COc1ccc(C(=O)C2CC3CCCC(C2)S3)c(OC)c1. The van der Waals surface area contributed by atoms with Crippen molar-refractivity contribution in [2.75, 3.05) is 14.2 Å². The molecule has 0 aliphatic carbocycles. The number of carbonyl (C=O) groups excluding carboxylic acids is 1. The Hall–Kier alpha value is -1.16. The molecule has 0 aromatic heterocycles. The number of hydrogen-bond acceptors (Lipinski definition) is 4. The Balaban J connectivity index is 1.81. The van der Waals surface area contributed by atoms with Gasteiger partial charge in [-0.3, -0.25) is 4.79 Å². The van der Waals surface area contributed by atoms with Gasteiger partial charge < -0.3 is 9.47 Å². The molecule has 2 bridgehead atoms. The standard InChI is InChI=1S/C17H22O3S/c1-19-12-6-7-15(16(10-12)20-2)17(18)11-8-13-4-3-5-14(9-11)21-13/h6-7,10-11,13-14H,3-5,8-9H2,1-2H3. The molecule has 3 nitrogen and oxygen atoms in total. The molecule has 21 heavy (non-hydrogen) atoms. The summed E-state index contributed by atoms with van der Waals surface area (Å²) in [5.74, 6) is 1.75. The van der Waals surface area contributed by atoms with Gasteiger partial charge in [0.25, 0.3) is 0 Å². The molecule has 2 saturated heterocycles. The predicted molar refractivity (Wildman–Crippen MR) is 85.6 cm³/mol. The van der Waals surface area contributed by atoms with Gasteiger partial charge in [0, 0.05) is 22.5 Å². The molecule has 2 atom stereocenters. The molecule has 0 amide bonds. The second-order valence-electron chi connectivity index (χ2n) is 5.91. The van der Waals surface area contributed by atoms with Crippen molar-refractivity contribution >= 4 is 17.5 Å². The van der Waals surface area contributed by atoms with Crippen LogP contribution in [0.5, 0.6) is 11.5 Å². The Labute approximate surface area is 130 Å². The van der Waals surface area contributed by atoms with Crippen LogP contribution in [0.25, 0.3) is 0 Å². The lowest BCUT2D eigenvalue weighted by Crippen LogP contribution is -2.33. The molecule has 0 spiro atoms. The molecular weight excluding hydrogens is 284 g/mol. The van der Waals surface area contributed by atoms with Crippen molar-refractivity contribution in [3.63, 3.8) is 0 Å². The van der Waals surface area contributed by atoms with Crippen LogP contribution >= 0.6 is 11.8 Å². The highest BCUT2D eigenvalue weighted by Crippen LogP contribution is 2.45. The van der Waals surface area contributed by atoms with Gasteiger partial charge in [0.2, 0.25) is 0 Å². The van der Waals surface area contributed by atoms with Crippen LogP contribution in [0, 0.1) is 5.92 Å². The fourth-order valence-corrected chi connectivity index (χ4v) is 5.33. The zero-order valence-corrected chi connectivity index (χ0v) is 13.4. The maximum Gasteiger partial charge on any atom is 0.169 e. The first-order valence-corrected chi connectivity index (χ1v) is 8.57. The molecule has 0 N–H and O–H groups in total. The van der Waals surface area contributed by atoms with Crippen molar-refractivity contribution < 1.29 is 14.3 Å². The molecule has 2 aliphatic rings. The minimum absolute atomic E-state index is 0.156. The fourth-order valence-electron chi connectivity index (χ4n) is 3.50. The summed E-state index contributed by atoms with van der Waals surface area (Å²) in [5.41, 5.74) is 0.702.